The van der Waals surface area contributed by atoms with Crippen molar-refractivity contribution in [3.63, 3.8) is 0 Å². The summed E-state index contributed by atoms with van der Waals surface area (Å²) < 4.78 is 6.16. The highest BCUT2D eigenvalue weighted by Gasteiger charge is 2.71. The zero-order chi connectivity index (χ0) is 35.8. The third-order valence-corrected chi connectivity index (χ3v) is 15.7. The summed E-state index contributed by atoms with van der Waals surface area (Å²) in [5.41, 5.74) is 0.809. The van der Waals surface area contributed by atoms with Crippen LogP contribution in [0.25, 0.3) is 0 Å². The van der Waals surface area contributed by atoms with E-state index in [-0.39, 0.29) is 45.8 Å². The van der Waals surface area contributed by atoms with Crippen LogP contribution in [0.4, 0.5) is 10.5 Å². The highest BCUT2D eigenvalue weighted by molar-refractivity contribution is 5.89. The SMILES string of the molecule is C=C(C)[C@@H]1CC[C@]2(NC(=O)Nc3ccncc3)CC[C@]3(C)[C@H](CC[C@@H]4[C@@]5(C)CC[C@H](OC(=O)CC(C)(C)C(=O)O)C(C)(C)[C@@H]5CC[C@]43C)[C@@H]12. The van der Waals surface area contributed by atoms with E-state index in [1.165, 1.54) is 12.0 Å². The van der Waals surface area contributed by atoms with Gasteiger partial charge in [0.25, 0.3) is 0 Å². The van der Waals surface area contributed by atoms with Gasteiger partial charge in [-0.2, -0.15) is 0 Å². The van der Waals surface area contributed by atoms with E-state index in [1.54, 1.807) is 26.2 Å². The third-order valence-electron chi connectivity index (χ3n) is 15.7. The molecule has 2 amide bonds. The van der Waals surface area contributed by atoms with Crippen LogP contribution in [0.2, 0.25) is 0 Å². The normalized spacial score (nSPS) is 40.8. The lowest BCUT2D eigenvalue weighted by Gasteiger charge is -2.73. The molecule has 5 saturated carbocycles. The average Bonchev–Trinajstić information content (AvgIpc) is 3.38. The van der Waals surface area contributed by atoms with Crippen molar-refractivity contribution < 1.29 is 24.2 Å². The van der Waals surface area contributed by atoms with Crippen LogP contribution < -0.4 is 10.6 Å². The van der Waals surface area contributed by atoms with Crippen molar-refractivity contribution in [3.05, 3.63) is 36.7 Å². The number of allylic oxidation sites excluding steroid dienone is 1. The third kappa shape index (κ3) is 5.62. The number of pyridine rings is 1. The molecular weight excluding hydrogens is 614 g/mol. The van der Waals surface area contributed by atoms with E-state index < -0.39 is 17.4 Å². The molecule has 3 N–H and O–H groups in total. The maximum atomic E-state index is 13.6. The Morgan fingerprint density at radius 2 is 1.61 bits per heavy atom. The lowest BCUT2D eigenvalue weighted by molar-refractivity contribution is -0.246. The molecular formula is C41H61N3O5. The molecule has 270 valence electrons. The predicted molar refractivity (Wildman–Crippen MR) is 192 cm³/mol. The number of carboxylic acids is 1. The molecule has 0 spiro atoms. The van der Waals surface area contributed by atoms with Gasteiger partial charge in [-0.1, -0.05) is 46.8 Å². The van der Waals surface area contributed by atoms with Crippen molar-refractivity contribution in [2.75, 3.05) is 5.32 Å². The van der Waals surface area contributed by atoms with Gasteiger partial charge in [0.2, 0.25) is 0 Å². The number of carboxylic acid groups (broad SMARTS) is 1. The van der Waals surface area contributed by atoms with Crippen LogP contribution >= 0.6 is 0 Å². The molecule has 0 unspecified atom stereocenters. The molecule has 5 fully saturated rings. The fourth-order valence-electron chi connectivity index (χ4n) is 13.0. The number of anilines is 1. The number of ether oxygens (including phenoxy) is 1. The molecule has 0 bridgehead atoms. The summed E-state index contributed by atoms with van der Waals surface area (Å²) in [5.74, 6) is 0.836. The van der Waals surface area contributed by atoms with Gasteiger partial charge < -0.3 is 20.5 Å². The molecule has 8 nitrogen and oxygen atoms in total. The number of hydrogen-bond donors (Lipinski definition) is 3. The Balaban J connectivity index is 1.25. The molecule has 1 heterocycles. The van der Waals surface area contributed by atoms with E-state index in [0.29, 0.717) is 29.6 Å². The smallest absolute Gasteiger partial charge is 0.319 e. The van der Waals surface area contributed by atoms with Gasteiger partial charge in [0.1, 0.15) is 6.10 Å². The number of amides is 2. The van der Waals surface area contributed by atoms with Gasteiger partial charge in [-0.3, -0.25) is 14.6 Å². The summed E-state index contributed by atoms with van der Waals surface area (Å²) in [6, 6.07) is 3.53. The topological polar surface area (TPSA) is 118 Å². The Bertz CT molecular complexity index is 1490. The Kier molecular flexibility index (Phi) is 8.88. The monoisotopic (exact) mass is 675 g/mol. The van der Waals surface area contributed by atoms with Gasteiger partial charge in [-0.15, -0.1) is 0 Å². The second-order valence-corrected chi connectivity index (χ2v) is 18.9. The zero-order valence-corrected chi connectivity index (χ0v) is 31.3. The van der Waals surface area contributed by atoms with Crippen molar-refractivity contribution in [3.8, 4) is 0 Å². The average molecular weight is 676 g/mol. The molecule has 1 aromatic rings. The van der Waals surface area contributed by atoms with Crippen molar-refractivity contribution in [1.82, 2.24) is 10.3 Å². The molecule has 5 aliphatic carbocycles. The quantitative estimate of drug-likeness (QED) is 0.196. The minimum absolute atomic E-state index is 0.119. The molecule has 6 rings (SSSR count). The van der Waals surface area contributed by atoms with Crippen LogP contribution in [0.5, 0.6) is 0 Å². The second-order valence-electron chi connectivity index (χ2n) is 18.9. The number of aromatic nitrogens is 1. The number of urea groups is 1. The predicted octanol–water partition coefficient (Wildman–Crippen LogP) is 9.03. The van der Waals surface area contributed by atoms with Gasteiger partial charge >= 0.3 is 18.0 Å². The summed E-state index contributed by atoms with van der Waals surface area (Å²) in [4.78, 5) is 42.4. The molecule has 0 aromatic carbocycles. The Labute approximate surface area is 294 Å². The number of nitrogens with zero attached hydrogens (tertiary/aromatic N) is 1. The van der Waals surface area contributed by atoms with E-state index in [4.69, 9.17) is 4.74 Å². The van der Waals surface area contributed by atoms with Crippen LogP contribution in [0.3, 0.4) is 0 Å². The number of nitrogens with one attached hydrogen (secondary N) is 2. The summed E-state index contributed by atoms with van der Waals surface area (Å²) >= 11 is 0. The highest BCUT2D eigenvalue weighted by Crippen LogP contribution is 2.76. The van der Waals surface area contributed by atoms with E-state index in [1.807, 2.05) is 12.1 Å². The van der Waals surface area contributed by atoms with Crippen molar-refractivity contribution in [2.24, 2.45) is 56.7 Å². The Morgan fingerprint density at radius 1 is 0.918 bits per heavy atom. The van der Waals surface area contributed by atoms with E-state index in [2.05, 4.69) is 63.7 Å². The molecule has 10 atom stereocenters. The lowest BCUT2D eigenvalue weighted by atomic mass is 9.32. The molecule has 1 aromatic heterocycles. The maximum Gasteiger partial charge on any atom is 0.319 e. The summed E-state index contributed by atoms with van der Waals surface area (Å²) in [6.45, 7) is 22.2. The Morgan fingerprint density at radius 3 is 2.27 bits per heavy atom. The minimum atomic E-state index is -1.15. The first-order valence-electron chi connectivity index (χ1n) is 18.9. The molecule has 0 aliphatic heterocycles. The second kappa shape index (κ2) is 12.1. The fraction of sp³-hybridized carbons (Fsp3) is 0.756. The first-order valence-corrected chi connectivity index (χ1v) is 18.9. The van der Waals surface area contributed by atoms with Crippen LogP contribution in [0.1, 0.15) is 126 Å². The van der Waals surface area contributed by atoms with E-state index >= 15 is 0 Å². The first kappa shape index (κ1) is 35.9. The van der Waals surface area contributed by atoms with Gasteiger partial charge in [0.05, 0.1) is 11.8 Å². The van der Waals surface area contributed by atoms with Crippen LogP contribution in [0.15, 0.2) is 36.7 Å². The largest absolute Gasteiger partial charge is 0.481 e. The van der Waals surface area contributed by atoms with Gasteiger partial charge in [0.15, 0.2) is 0 Å². The van der Waals surface area contributed by atoms with Gasteiger partial charge in [0, 0.05) is 29.0 Å². The molecule has 0 radical (unpaired) electrons. The number of carbonyl (C=O) groups is 3. The first-order chi connectivity index (χ1) is 22.8. The number of esters is 1. The molecule has 8 heteroatoms. The van der Waals surface area contributed by atoms with Crippen LogP contribution in [-0.4, -0.2) is 39.7 Å². The number of rotatable bonds is 7. The maximum absolute atomic E-state index is 13.6. The summed E-state index contributed by atoms with van der Waals surface area (Å²) in [6.07, 6.45) is 13.6. The lowest BCUT2D eigenvalue weighted by Crippen LogP contribution is -2.69. The van der Waals surface area contributed by atoms with E-state index in [0.717, 1.165) is 63.5 Å². The summed E-state index contributed by atoms with van der Waals surface area (Å²) in [7, 11) is 0. The molecule has 0 saturated heterocycles. The van der Waals surface area contributed by atoms with E-state index in [9.17, 15) is 19.5 Å². The van der Waals surface area contributed by atoms with Crippen molar-refractivity contribution in [1.29, 1.82) is 0 Å². The number of hydrogen-bond acceptors (Lipinski definition) is 5. The highest BCUT2D eigenvalue weighted by atomic mass is 16.5. The van der Waals surface area contributed by atoms with Gasteiger partial charge in [-0.05, 0) is 143 Å². The fourth-order valence-corrected chi connectivity index (χ4v) is 13.0. The molecule has 5 aliphatic rings. The van der Waals surface area contributed by atoms with Crippen LogP contribution in [0, 0.1) is 56.7 Å². The molecule has 49 heavy (non-hydrogen) atoms. The minimum Gasteiger partial charge on any atom is -0.481 e. The van der Waals surface area contributed by atoms with Crippen molar-refractivity contribution >= 4 is 23.7 Å². The number of carbonyl (C=O) groups excluding carboxylic acids is 2. The van der Waals surface area contributed by atoms with Crippen molar-refractivity contribution in [2.45, 2.75) is 138 Å². The van der Waals surface area contributed by atoms with Crippen LogP contribution in [-0.2, 0) is 14.3 Å². The summed E-state index contributed by atoms with van der Waals surface area (Å²) in [5, 5.41) is 16.2. The zero-order valence-electron chi connectivity index (χ0n) is 31.3. The Hall–Kier alpha value is -2.90. The van der Waals surface area contributed by atoms with Gasteiger partial charge in [-0.25, -0.2) is 4.79 Å². The number of aliphatic carboxylic acids is 1. The standard InChI is InChI=1S/C41H61N3O5/c1-25(2)27-12-19-41(44-35(48)43-26-15-22-42-23-16-26)21-20-39(8)28(33(27)41)10-11-30-38(7)17-14-31(49-32(45)24-36(3,4)34(46)47)37(5,6)29(38)13-18-40(30,39)9/h15-16,22-23,27-31,33H,1,10-14,17-21,24H2,2-9H3,(H,46,47)(H2,42,43,44,48)/t27-,28+,29-,30+,31-,33+,38-,39+,40+,41-/m0/s1. The number of fused-ring (bicyclic) bond motifs is 7.